The van der Waals surface area contributed by atoms with Crippen LogP contribution in [0.15, 0.2) is 0 Å². The van der Waals surface area contributed by atoms with Gasteiger partial charge in [-0.1, -0.05) is 181 Å². The Hall–Kier alpha value is 0.810. The van der Waals surface area contributed by atoms with E-state index in [1.807, 2.05) is 23.5 Å². The van der Waals surface area contributed by atoms with E-state index in [1.165, 1.54) is 191 Å². The Morgan fingerprint density at radius 3 is 0.867 bits per heavy atom. The fraction of sp³-hybridized carbons (Fsp3) is 1.00. The van der Waals surface area contributed by atoms with Crippen LogP contribution in [0.5, 0.6) is 0 Å². The fourth-order valence-corrected chi connectivity index (χ4v) is 8.38. The summed E-state index contributed by atoms with van der Waals surface area (Å²) >= 11 is 3.87. The monoisotopic (exact) mass is 695 g/mol. The van der Waals surface area contributed by atoms with E-state index in [4.69, 9.17) is 9.05 Å². The minimum Gasteiger partial charge on any atom is -0.302 e. The number of thioether (sulfide) groups is 2. The number of rotatable bonds is 40. The van der Waals surface area contributed by atoms with Gasteiger partial charge in [0.1, 0.15) is 0 Å². The minimum absolute atomic E-state index is 0.299. The average molecular weight is 695 g/mol. The van der Waals surface area contributed by atoms with Gasteiger partial charge in [0, 0.05) is 0 Å². The van der Waals surface area contributed by atoms with Crippen LogP contribution in [0.4, 0.5) is 0 Å². The lowest BCUT2D eigenvalue weighted by molar-refractivity contribution is 0.150. The van der Waals surface area contributed by atoms with Gasteiger partial charge in [-0.05, 0) is 48.7 Å². The molecule has 0 heterocycles. The molecule has 0 spiro atoms. The van der Waals surface area contributed by atoms with Gasteiger partial charge in [-0.25, -0.2) is 4.57 Å². The van der Waals surface area contributed by atoms with Crippen molar-refractivity contribution in [1.82, 2.24) is 0 Å². The first-order valence-corrected chi connectivity index (χ1v) is 23.7. The number of unbranched alkanes of at least 4 members (excludes halogenated alkanes) is 26. The molecule has 272 valence electrons. The van der Waals surface area contributed by atoms with Crippen LogP contribution in [0.3, 0.4) is 0 Å². The normalized spacial score (nSPS) is 12.0. The molecule has 4 nitrogen and oxygen atoms in total. The standard InChI is InChI=1S/C38H79O4PS2/c1-3-5-7-9-11-13-15-17-19-21-23-25-27-29-35-44-37-31-33-41-43(39,40)42-34-32-38-45-36-30-28-26-24-22-20-18-16-14-12-10-8-6-4-2/h3-38H2,1-2H3,(H,39,40). The van der Waals surface area contributed by atoms with Crippen molar-refractivity contribution in [3.05, 3.63) is 0 Å². The van der Waals surface area contributed by atoms with Crippen molar-refractivity contribution in [2.45, 2.75) is 206 Å². The third-order valence-corrected chi connectivity index (χ3v) is 12.0. The number of phosphoric ester groups is 1. The molecule has 0 aliphatic heterocycles. The molecule has 0 aromatic rings. The molecule has 45 heavy (non-hydrogen) atoms. The Kier molecular flexibility index (Phi) is 40.0. The largest absolute Gasteiger partial charge is 0.472 e. The summed E-state index contributed by atoms with van der Waals surface area (Å²) in [6.07, 6.45) is 40.7. The molecule has 0 aliphatic rings. The van der Waals surface area contributed by atoms with E-state index in [0.717, 1.165) is 24.3 Å². The van der Waals surface area contributed by atoms with Crippen LogP contribution in [0.2, 0.25) is 0 Å². The maximum Gasteiger partial charge on any atom is 0.472 e. The van der Waals surface area contributed by atoms with Crippen molar-refractivity contribution in [2.75, 3.05) is 36.2 Å². The Balaban J connectivity index is 3.25. The minimum atomic E-state index is -3.90. The highest BCUT2D eigenvalue weighted by atomic mass is 32.2. The van der Waals surface area contributed by atoms with Gasteiger partial charge in [0.25, 0.3) is 0 Å². The molecular weight excluding hydrogens is 616 g/mol. The van der Waals surface area contributed by atoms with Crippen LogP contribution < -0.4 is 0 Å². The lowest BCUT2D eigenvalue weighted by Gasteiger charge is -2.12. The van der Waals surface area contributed by atoms with E-state index in [1.54, 1.807) is 0 Å². The molecule has 0 bridgehead atoms. The van der Waals surface area contributed by atoms with Crippen molar-refractivity contribution in [3.8, 4) is 0 Å². The smallest absolute Gasteiger partial charge is 0.302 e. The highest BCUT2D eigenvalue weighted by Gasteiger charge is 2.20. The third kappa shape index (κ3) is 40.9. The van der Waals surface area contributed by atoms with Crippen LogP contribution in [0.25, 0.3) is 0 Å². The van der Waals surface area contributed by atoms with Gasteiger partial charge in [0.05, 0.1) is 13.2 Å². The van der Waals surface area contributed by atoms with Crippen molar-refractivity contribution < 1.29 is 18.5 Å². The molecule has 0 unspecified atom stereocenters. The predicted octanol–water partition coefficient (Wildman–Crippen LogP) is 14.3. The second-order valence-corrected chi connectivity index (χ2v) is 17.2. The molecular formula is C38H79O4PS2. The SMILES string of the molecule is CCCCCCCCCCCCCCCCSCCCOP(=O)(O)OCCCSCCCCCCCCCCCCCCCC. The topological polar surface area (TPSA) is 55.8 Å². The van der Waals surface area contributed by atoms with Gasteiger partial charge in [-0.2, -0.15) is 23.5 Å². The second kappa shape index (κ2) is 39.3. The number of hydrogen-bond donors (Lipinski definition) is 1. The summed E-state index contributed by atoms with van der Waals surface area (Å²) in [5, 5.41) is 0. The van der Waals surface area contributed by atoms with E-state index >= 15 is 0 Å². The first-order valence-electron chi connectivity index (χ1n) is 19.9. The lowest BCUT2D eigenvalue weighted by atomic mass is 10.0. The van der Waals surface area contributed by atoms with Gasteiger partial charge in [-0.15, -0.1) is 0 Å². The zero-order valence-electron chi connectivity index (χ0n) is 30.4. The molecule has 0 rings (SSSR count). The van der Waals surface area contributed by atoms with Crippen LogP contribution >= 0.6 is 31.3 Å². The van der Waals surface area contributed by atoms with E-state index in [9.17, 15) is 9.46 Å². The zero-order valence-corrected chi connectivity index (χ0v) is 32.9. The van der Waals surface area contributed by atoms with Crippen LogP contribution in [0.1, 0.15) is 206 Å². The van der Waals surface area contributed by atoms with Crippen LogP contribution in [-0.4, -0.2) is 41.1 Å². The van der Waals surface area contributed by atoms with E-state index in [0.29, 0.717) is 13.2 Å². The third-order valence-electron chi connectivity index (χ3n) is 8.66. The molecule has 0 radical (unpaired) electrons. The molecule has 0 aromatic carbocycles. The highest BCUT2D eigenvalue weighted by molar-refractivity contribution is 7.99. The van der Waals surface area contributed by atoms with E-state index in [-0.39, 0.29) is 0 Å². The Morgan fingerprint density at radius 2 is 0.600 bits per heavy atom. The van der Waals surface area contributed by atoms with Crippen molar-refractivity contribution in [2.24, 2.45) is 0 Å². The molecule has 1 N–H and O–H groups in total. The van der Waals surface area contributed by atoms with Crippen molar-refractivity contribution in [1.29, 1.82) is 0 Å². The Morgan fingerprint density at radius 1 is 0.378 bits per heavy atom. The highest BCUT2D eigenvalue weighted by Crippen LogP contribution is 2.43. The van der Waals surface area contributed by atoms with Gasteiger partial charge < -0.3 is 4.89 Å². The van der Waals surface area contributed by atoms with Crippen LogP contribution in [-0.2, 0) is 13.6 Å². The summed E-state index contributed by atoms with van der Waals surface area (Å²) in [4.78, 5) is 9.90. The molecule has 0 amide bonds. The predicted molar refractivity (Wildman–Crippen MR) is 206 cm³/mol. The van der Waals surface area contributed by atoms with Gasteiger partial charge >= 0.3 is 7.82 Å². The van der Waals surface area contributed by atoms with Crippen molar-refractivity contribution >= 4 is 31.3 Å². The summed E-state index contributed by atoms with van der Waals surface area (Å²) < 4.78 is 22.4. The Labute approximate surface area is 291 Å². The first-order chi connectivity index (χ1) is 22.1. The summed E-state index contributed by atoms with van der Waals surface area (Å²) in [5.74, 6) is 4.33. The summed E-state index contributed by atoms with van der Waals surface area (Å²) in [7, 11) is -3.90. The molecule has 0 aliphatic carbocycles. The van der Waals surface area contributed by atoms with Gasteiger partial charge in [-0.3, -0.25) is 9.05 Å². The summed E-state index contributed by atoms with van der Waals surface area (Å²) in [6.45, 7) is 5.17. The van der Waals surface area contributed by atoms with E-state index < -0.39 is 7.82 Å². The molecule has 0 aromatic heterocycles. The lowest BCUT2D eigenvalue weighted by Crippen LogP contribution is -2.00. The maximum atomic E-state index is 12.1. The van der Waals surface area contributed by atoms with Gasteiger partial charge in [0.2, 0.25) is 0 Å². The molecule has 0 atom stereocenters. The van der Waals surface area contributed by atoms with Crippen LogP contribution in [0, 0.1) is 0 Å². The first kappa shape index (κ1) is 45.8. The summed E-state index contributed by atoms with van der Waals surface area (Å²) in [6, 6.07) is 0. The molecule has 0 fully saturated rings. The Bertz CT molecular complexity index is 550. The quantitative estimate of drug-likeness (QED) is 0.0509. The average Bonchev–Trinajstić information content (AvgIpc) is 3.03. The van der Waals surface area contributed by atoms with Crippen molar-refractivity contribution in [3.63, 3.8) is 0 Å². The maximum absolute atomic E-state index is 12.1. The molecule has 7 heteroatoms. The summed E-state index contributed by atoms with van der Waals surface area (Å²) in [5.41, 5.74) is 0. The molecule has 0 saturated carbocycles. The van der Waals surface area contributed by atoms with Gasteiger partial charge in [0.15, 0.2) is 0 Å². The zero-order chi connectivity index (χ0) is 32.8. The number of hydrogen-bond acceptors (Lipinski definition) is 5. The molecule has 0 saturated heterocycles. The fourth-order valence-electron chi connectivity index (χ4n) is 5.72. The van der Waals surface area contributed by atoms with E-state index in [2.05, 4.69) is 13.8 Å². The number of phosphoric acid groups is 1. The second-order valence-electron chi connectivity index (χ2n) is 13.3.